The lowest BCUT2D eigenvalue weighted by Gasteiger charge is -2.27. The molecule has 0 bridgehead atoms. The molecule has 0 aliphatic carbocycles. The largest absolute Gasteiger partial charge is 0.355 e. The van der Waals surface area contributed by atoms with E-state index < -0.39 is 23.9 Å². The molecule has 9 heteroatoms. The highest BCUT2D eigenvalue weighted by molar-refractivity contribution is 6.03. The van der Waals surface area contributed by atoms with E-state index in [-0.39, 0.29) is 12.2 Å². The third kappa shape index (κ3) is 3.55. The number of hydrogen-bond acceptors (Lipinski definition) is 6. The smallest absolute Gasteiger partial charge is 0.321 e. The van der Waals surface area contributed by atoms with Gasteiger partial charge in [0.2, 0.25) is 0 Å². The van der Waals surface area contributed by atoms with Crippen LogP contribution >= 0.6 is 0 Å². The molecule has 23 heavy (non-hydrogen) atoms. The third-order valence-electron chi connectivity index (χ3n) is 3.89. The zero-order valence-corrected chi connectivity index (χ0v) is 12.5. The van der Waals surface area contributed by atoms with Crippen LogP contribution < -0.4 is 20.9 Å². The molecule has 3 heterocycles. The average Bonchev–Trinajstić information content (AvgIpc) is 2.58. The van der Waals surface area contributed by atoms with E-state index in [0.29, 0.717) is 0 Å². The number of aromatic nitrogens is 2. The monoisotopic (exact) mass is 318 g/mol. The molecule has 2 fully saturated rings. The van der Waals surface area contributed by atoms with E-state index in [1.165, 1.54) is 6.42 Å². The zero-order valence-electron chi connectivity index (χ0n) is 12.5. The molecule has 1 aromatic rings. The van der Waals surface area contributed by atoms with Crippen molar-refractivity contribution in [2.75, 3.05) is 24.5 Å². The minimum absolute atomic E-state index is 0.0513. The molecule has 0 aromatic carbocycles. The van der Waals surface area contributed by atoms with Crippen LogP contribution in [-0.2, 0) is 4.79 Å². The summed E-state index contributed by atoms with van der Waals surface area (Å²) in [5.74, 6) is -0.289. The Kier molecular flexibility index (Phi) is 4.35. The van der Waals surface area contributed by atoms with E-state index in [4.69, 9.17) is 0 Å². The van der Waals surface area contributed by atoms with Crippen LogP contribution in [0.1, 0.15) is 29.8 Å². The summed E-state index contributed by atoms with van der Waals surface area (Å²) in [6.45, 7) is 1.94. The molecule has 2 aliphatic heterocycles. The maximum absolute atomic E-state index is 12.1. The number of carbonyl (C=O) groups is 3. The van der Waals surface area contributed by atoms with Gasteiger partial charge >= 0.3 is 6.03 Å². The van der Waals surface area contributed by atoms with Gasteiger partial charge in [-0.3, -0.25) is 14.9 Å². The van der Waals surface area contributed by atoms with Crippen molar-refractivity contribution in [2.45, 2.75) is 25.3 Å². The van der Waals surface area contributed by atoms with Crippen LogP contribution in [0.4, 0.5) is 10.6 Å². The normalized spacial score (nSPS) is 21.4. The number of nitrogens with one attached hydrogen (secondary N) is 3. The van der Waals surface area contributed by atoms with Crippen LogP contribution in [0.5, 0.6) is 0 Å². The van der Waals surface area contributed by atoms with E-state index in [1.807, 2.05) is 0 Å². The summed E-state index contributed by atoms with van der Waals surface area (Å²) in [5.41, 5.74) is 0.135. The van der Waals surface area contributed by atoms with Gasteiger partial charge in [0, 0.05) is 19.6 Å². The highest BCUT2D eigenvalue weighted by Crippen LogP contribution is 2.16. The zero-order chi connectivity index (χ0) is 16.2. The molecule has 0 saturated carbocycles. The Morgan fingerprint density at radius 1 is 1.17 bits per heavy atom. The molecule has 3 N–H and O–H groups in total. The van der Waals surface area contributed by atoms with Crippen LogP contribution in [0, 0.1) is 0 Å². The summed E-state index contributed by atoms with van der Waals surface area (Å²) in [6.07, 6.45) is 3.49. The van der Waals surface area contributed by atoms with Crippen LogP contribution in [0.15, 0.2) is 12.1 Å². The number of amides is 4. The fourth-order valence-corrected chi connectivity index (χ4v) is 2.62. The Morgan fingerprint density at radius 3 is 2.61 bits per heavy atom. The summed E-state index contributed by atoms with van der Waals surface area (Å²) in [5, 5.41) is 15.1. The standard InChI is InChI=1S/C14H18N6O3/c21-12(16-10-8-15-14(23)17-13(10)22)9-4-5-11(19-18-9)20-6-2-1-3-7-20/h4-5,10H,1-3,6-8H2,(H,16,21)(H2,15,17,22,23). The van der Waals surface area contributed by atoms with Crippen molar-refractivity contribution in [3.63, 3.8) is 0 Å². The minimum atomic E-state index is -0.816. The van der Waals surface area contributed by atoms with Crippen LogP contribution in [-0.4, -0.2) is 53.7 Å². The molecule has 2 aliphatic rings. The van der Waals surface area contributed by atoms with Gasteiger partial charge in [-0.25, -0.2) is 4.79 Å². The Morgan fingerprint density at radius 2 is 1.96 bits per heavy atom. The Bertz CT molecular complexity index is 611. The first-order chi connectivity index (χ1) is 11.1. The van der Waals surface area contributed by atoms with Crippen LogP contribution in [0.25, 0.3) is 0 Å². The van der Waals surface area contributed by atoms with Crippen molar-refractivity contribution in [3.05, 3.63) is 17.8 Å². The first-order valence-electron chi connectivity index (χ1n) is 7.62. The summed E-state index contributed by atoms with van der Waals surface area (Å²) in [4.78, 5) is 36.8. The maximum atomic E-state index is 12.1. The number of rotatable bonds is 3. The highest BCUT2D eigenvalue weighted by Gasteiger charge is 2.28. The number of hydrogen-bond donors (Lipinski definition) is 3. The van der Waals surface area contributed by atoms with Gasteiger partial charge in [0.15, 0.2) is 11.5 Å². The Hall–Kier alpha value is -2.71. The predicted molar refractivity (Wildman–Crippen MR) is 80.9 cm³/mol. The third-order valence-corrected chi connectivity index (χ3v) is 3.89. The van der Waals surface area contributed by atoms with Crippen LogP contribution in [0.2, 0.25) is 0 Å². The predicted octanol–water partition coefficient (Wildman–Crippen LogP) is -0.595. The summed E-state index contributed by atoms with van der Waals surface area (Å²) in [6, 6.07) is 1.97. The lowest BCUT2D eigenvalue weighted by molar-refractivity contribution is -0.122. The van der Waals surface area contributed by atoms with E-state index >= 15 is 0 Å². The van der Waals surface area contributed by atoms with Crippen LogP contribution in [0.3, 0.4) is 0 Å². The van der Waals surface area contributed by atoms with Gasteiger partial charge < -0.3 is 15.5 Å². The molecule has 4 amide bonds. The highest BCUT2D eigenvalue weighted by atomic mass is 16.2. The van der Waals surface area contributed by atoms with Crippen molar-refractivity contribution in [2.24, 2.45) is 0 Å². The Balaban J connectivity index is 1.61. The lowest BCUT2D eigenvalue weighted by Crippen LogP contribution is -2.61. The molecule has 1 aromatic heterocycles. The van der Waals surface area contributed by atoms with E-state index in [0.717, 1.165) is 31.7 Å². The quantitative estimate of drug-likeness (QED) is 0.685. The second-order valence-electron chi connectivity index (χ2n) is 5.55. The summed E-state index contributed by atoms with van der Waals surface area (Å²) >= 11 is 0. The molecule has 2 saturated heterocycles. The minimum Gasteiger partial charge on any atom is -0.355 e. The van der Waals surface area contributed by atoms with Gasteiger partial charge in [0.05, 0.1) is 0 Å². The lowest BCUT2D eigenvalue weighted by atomic mass is 10.1. The number of urea groups is 1. The molecule has 9 nitrogen and oxygen atoms in total. The molecule has 1 unspecified atom stereocenters. The maximum Gasteiger partial charge on any atom is 0.321 e. The molecule has 3 rings (SSSR count). The van der Waals surface area contributed by atoms with Gasteiger partial charge in [-0.05, 0) is 31.4 Å². The molecule has 122 valence electrons. The number of nitrogens with zero attached hydrogens (tertiary/aromatic N) is 3. The molecular formula is C14H18N6O3. The number of piperidine rings is 1. The first kappa shape index (κ1) is 15.2. The number of carbonyl (C=O) groups excluding carboxylic acids is 3. The van der Waals surface area contributed by atoms with Gasteiger partial charge in [-0.2, -0.15) is 0 Å². The molecule has 1 atom stereocenters. The second-order valence-corrected chi connectivity index (χ2v) is 5.55. The van der Waals surface area contributed by atoms with Crippen molar-refractivity contribution in [1.82, 2.24) is 26.1 Å². The fourth-order valence-electron chi connectivity index (χ4n) is 2.62. The Labute approximate surface area is 132 Å². The number of imide groups is 1. The van der Waals surface area contributed by atoms with E-state index in [2.05, 4.69) is 31.0 Å². The fraction of sp³-hybridized carbons (Fsp3) is 0.500. The summed E-state index contributed by atoms with van der Waals surface area (Å²) in [7, 11) is 0. The van der Waals surface area contributed by atoms with E-state index in [9.17, 15) is 14.4 Å². The van der Waals surface area contributed by atoms with Gasteiger partial charge in [-0.1, -0.05) is 0 Å². The first-order valence-corrected chi connectivity index (χ1v) is 7.62. The van der Waals surface area contributed by atoms with Gasteiger partial charge in [-0.15, -0.1) is 10.2 Å². The summed E-state index contributed by atoms with van der Waals surface area (Å²) < 4.78 is 0. The van der Waals surface area contributed by atoms with Gasteiger partial charge in [0.1, 0.15) is 6.04 Å². The number of anilines is 1. The molecular weight excluding hydrogens is 300 g/mol. The van der Waals surface area contributed by atoms with Gasteiger partial charge in [0.25, 0.3) is 11.8 Å². The van der Waals surface area contributed by atoms with E-state index in [1.54, 1.807) is 12.1 Å². The van der Waals surface area contributed by atoms with Crippen molar-refractivity contribution in [1.29, 1.82) is 0 Å². The average molecular weight is 318 g/mol. The molecule has 0 spiro atoms. The van der Waals surface area contributed by atoms with Crippen molar-refractivity contribution in [3.8, 4) is 0 Å². The van der Waals surface area contributed by atoms with Crippen molar-refractivity contribution < 1.29 is 14.4 Å². The topological polar surface area (TPSA) is 116 Å². The molecule has 0 radical (unpaired) electrons. The SMILES string of the molecule is O=C1NCC(NC(=O)c2ccc(N3CCCCC3)nn2)C(=O)N1. The second kappa shape index (κ2) is 6.59. The van der Waals surface area contributed by atoms with Crippen molar-refractivity contribution >= 4 is 23.7 Å².